The molecule has 2 atom stereocenters. The molecule has 0 amide bonds. The van der Waals surface area contributed by atoms with Crippen LogP contribution in [-0.4, -0.2) is 26.8 Å². The molecule has 0 aromatic carbocycles. The number of aryl methyl sites for hydroxylation is 2. The van der Waals surface area contributed by atoms with Gasteiger partial charge >= 0.3 is 0 Å². The van der Waals surface area contributed by atoms with Crippen LogP contribution in [-0.2, 0) is 13.0 Å². The lowest BCUT2D eigenvalue weighted by Gasteiger charge is -2.18. The van der Waals surface area contributed by atoms with Gasteiger partial charge in [0, 0.05) is 24.3 Å². The minimum absolute atomic E-state index is 0.196. The van der Waals surface area contributed by atoms with Gasteiger partial charge in [-0.25, -0.2) is 0 Å². The van der Waals surface area contributed by atoms with Crippen LogP contribution in [0.4, 0.5) is 0 Å². The van der Waals surface area contributed by atoms with Crippen molar-refractivity contribution in [1.82, 2.24) is 9.78 Å². The van der Waals surface area contributed by atoms with Gasteiger partial charge in [-0.2, -0.15) is 16.9 Å². The van der Waals surface area contributed by atoms with E-state index in [1.807, 2.05) is 23.4 Å². The Morgan fingerprint density at radius 2 is 2.41 bits per heavy atom. The Morgan fingerprint density at radius 1 is 1.65 bits per heavy atom. The highest BCUT2D eigenvalue weighted by atomic mass is 35.5. The van der Waals surface area contributed by atoms with Gasteiger partial charge in [0.1, 0.15) is 0 Å². The molecule has 1 fully saturated rings. The molecular formula is C12H20ClN3S. The average Bonchev–Trinajstić information content (AvgIpc) is 2.92. The number of aromatic nitrogens is 2. The summed E-state index contributed by atoms with van der Waals surface area (Å²) in [5, 5.41) is 5.82. The maximum atomic E-state index is 6.30. The van der Waals surface area contributed by atoms with E-state index in [1.165, 1.54) is 18.6 Å². The standard InChI is InChI=1S/C12H20ClN3S/c1-3-16-10(12(13)8(2)15-16)7-9(14)11-5-4-6-17-11/h9,11H,3-7,14H2,1-2H3. The van der Waals surface area contributed by atoms with Crippen LogP contribution in [0.25, 0.3) is 0 Å². The Balaban J connectivity index is 2.11. The first-order valence-corrected chi connectivity index (χ1v) is 7.65. The zero-order chi connectivity index (χ0) is 12.4. The summed E-state index contributed by atoms with van der Waals surface area (Å²) in [7, 11) is 0. The van der Waals surface area contributed by atoms with Crippen molar-refractivity contribution >= 4 is 23.4 Å². The Bertz CT molecular complexity index is 385. The molecule has 3 nitrogen and oxygen atoms in total. The van der Waals surface area contributed by atoms with Crippen molar-refractivity contribution in [3.8, 4) is 0 Å². The Morgan fingerprint density at radius 3 is 3.00 bits per heavy atom. The zero-order valence-corrected chi connectivity index (χ0v) is 12.0. The smallest absolute Gasteiger partial charge is 0.0847 e. The van der Waals surface area contributed by atoms with E-state index in [0.717, 1.165) is 29.4 Å². The molecule has 2 rings (SSSR count). The molecule has 1 aromatic rings. The molecular weight excluding hydrogens is 254 g/mol. The molecule has 5 heteroatoms. The quantitative estimate of drug-likeness (QED) is 0.917. The summed E-state index contributed by atoms with van der Waals surface area (Å²) in [5.41, 5.74) is 8.31. The first-order valence-electron chi connectivity index (χ1n) is 6.22. The van der Waals surface area contributed by atoms with Crippen LogP contribution in [0.15, 0.2) is 0 Å². The van der Waals surface area contributed by atoms with Crippen LogP contribution in [0.3, 0.4) is 0 Å². The third kappa shape index (κ3) is 2.80. The lowest BCUT2D eigenvalue weighted by atomic mass is 10.1. The van der Waals surface area contributed by atoms with Crippen LogP contribution in [0.1, 0.15) is 31.2 Å². The summed E-state index contributed by atoms with van der Waals surface area (Å²) in [6, 6.07) is 0.196. The molecule has 1 saturated heterocycles. The van der Waals surface area contributed by atoms with Crippen LogP contribution in [0.2, 0.25) is 5.02 Å². The van der Waals surface area contributed by atoms with Crippen molar-refractivity contribution in [2.45, 2.75) is 50.9 Å². The van der Waals surface area contributed by atoms with Crippen LogP contribution in [0, 0.1) is 6.92 Å². The maximum absolute atomic E-state index is 6.30. The number of nitrogens with zero attached hydrogens (tertiary/aromatic N) is 2. The van der Waals surface area contributed by atoms with E-state index in [1.54, 1.807) is 0 Å². The summed E-state index contributed by atoms with van der Waals surface area (Å²) < 4.78 is 1.98. The highest BCUT2D eigenvalue weighted by Gasteiger charge is 2.25. The van der Waals surface area contributed by atoms with Gasteiger partial charge in [-0.05, 0) is 32.4 Å². The highest BCUT2D eigenvalue weighted by molar-refractivity contribution is 8.00. The van der Waals surface area contributed by atoms with Gasteiger partial charge in [0.2, 0.25) is 0 Å². The number of halogens is 1. The van der Waals surface area contributed by atoms with Crippen molar-refractivity contribution in [3.63, 3.8) is 0 Å². The summed E-state index contributed by atoms with van der Waals surface area (Å²) in [4.78, 5) is 0. The van der Waals surface area contributed by atoms with Gasteiger partial charge in [-0.15, -0.1) is 0 Å². The van der Waals surface area contributed by atoms with Crippen molar-refractivity contribution < 1.29 is 0 Å². The number of rotatable bonds is 4. The van der Waals surface area contributed by atoms with E-state index >= 15 is 0 Å². The van der Waals surface area contributed by atoms with E-state index in [4.69, 9.17) is 17.3 Å². The van der Waals surface area contributed by atoms with E-state index in [9.17, 15) is 0 Å². The number of nitrogens with two attached hydrogens (primary N) is 1. The molecule has 0 radical (unpaired) electrons. The van der Waals surface area contributed by atoms with Gasteiger partial charge in [-0.1, -0.05) is 11.6 Å². The van der Waals surface area contributed by atoms with E-state index < -0.39 is 0 Å². The normalized spacial score (nSPS) is 22.0. The van der Waals surface area contributed by atoms with Crippen LogP contribution in [0.5, 0.6) is 0 Å². The van der Waals surface area contributed by atoms with E-state index in [-0.39, 0.29) is 6.04 Å². The zero-order valence-electron chi connectivity index (χ0n) is 10.4. The predicted octanol–water partition coefficient (Wildman–Crippen LogP) is 2.63. The molecule has 1 aromatic heterocycles. The Labute approximate surface area is 112 Å². The first kappa shape index (κ1) is 13.2. The van der Waals surface area contributed by atoms with Crippen LogP contribution < -0.4 is 5.73 Å². The minimum Gasteiger partial charge on any atom is -0.326 e. The van der Waals surface area contributed by atoms with Gasteiger partial charge < -0.3 is 5.73 Å². The average molecular weight is 274 g/mol. The lowest BCUT2D eigenvalue weighted by molar-refractivity contribution is 0.555. The highest BCUT2D eigenvalue weighted by Crippen LogP contribution is 2.30. The van der Waals surface area contributed by atoms with Crippen molar-refractivity contribution in [2.24, 2.45) is 5.73 Å². The number of hydrogen-bond donors (Lipinski definition) is 1. The topological polar surface area (TPSA) is 43.8 Å². The second-order valence-electron chi connectivity index (χ2n) is 4.58. The third-order valence-electron chi connectivity index (χ3n) is 3.32. The van der Waals surface area contributed by atoms with Gasteiger partial charge in [-0.3, -0.25) is 4.68 Å². The van der Waals surface area contributed by atoms with Crippen molar-refractivity contribution in [3.05, 3.63) is 16.4 Å². The minimum atomic E-state index is 0.196. The summed E-state index contributed by atoms with van der Waals surface area (Å²) in [5.74, 6) is 1.25. The molecule has 1 aliphatic rings. The Kier molecular flexibility index (Phi) is 4.39. The fourth-order valence-electron chi connectivity index (χ4n) is 2.36. The second-order valence-corrected chi connectivity index (χ2v) is 6.31. The molecule has 2 unspecified atom stereocenters. The van der Waals surface area contributed by atoms with Crippen LogP contribution >= 0.6 is 23.4 Å². The van der Waals surface area contributed by atoms with Gasteiger partial charge in [0.05, 0.1) is 16.4 Å². The molecule has 0 bridgehead atoms. The molecule has 2 heterocycles. The first-order chi connectivity index (χ1) is 8.13. The monoisotopic (exact) mass is 273 g/mol. The SMILES string of the molecule is CCn1nc(C)c(Cl)c1CC(N)C1CCCS1. The van der Waals surface area contributed by atoms with E-state index in [2.05, 4.69) is 12.0 Å². The fourth-order valence-corrected chi connectivity index (χ4v) is 3.88. The van der Waals surface area contributed by atoms with Gasteiger partial charge in [0.15, 0.2) is 0 Å². The predicted molar refractivity (Wildman–Crippen MR) is 74.8 cm³/mol. The summed E-state index contributed by atoms with van der Waals surface area (Å²) >= 11 is 8.30. The summed E-state index contributed by atoms with van der Waals surface area (Å²) in [6.07, 6.45) is 3.37. The fraction of sp³-hybridized carbons (Fsp3) is 0.750. The Hall–Kier alpha value is -0.190. The lowest BCUT2D eigenvalue weighted by Crippen LogP contribution is -2.34. The van der Waals surface area contributed by atoms with Crippen molar-refractivity contribution in [1.29, 1.82) is 0 Å². The molecule has 17 heavy (non-hydrogen) atoms. The third-order valence-corrected chi connectivity index (χ3v) is 5.35. The van der Waals surface area contributed by atoms with E-state index in [0.29, 0.717) is 5.25 Å². The molecule has 96 valence electrons. The largest absolute Gasteiger partial charge is 0.326 e. The second kappa shape index (κ2) is 5.63. The van der Waals surface area contributed by atoms with Crippen molar-refractivity contribution in [2.75, 3.05) is 5.75 Å². The molecule has 0 saturated carbocycles. The molecule has 2 N–H and O–H groups in total. The maximum Gasteiger partial charge on any atom is 0.0847 e. The summed E-state index contributed by atoms with van der Waals surface area (Å²) in [6.45, 7) is 4.89. The molecule has 1 aliphatic heterocycles. The molecule has 0 aliphatic carbocycles. The molecule has 0 spiro atoms. The number of thioether (sulfide) groups is 1. The number of hydrogen-bond acceptors (Lipinski definition) is 3. The van der Waals surface area contributed by atoms with Gasteiger partial charge in [0.25, 0.3) is 0 Å².